The lowest BCUT2D eigenvalue weighted by Crippen LogP contribution is -2.46. The van der Waals surface area contributed by atoms with Gasteiger partial charge in [0.2, 0.25) is 0 Å². The standard InChI is InChI=1S/C73H96N4O4S2.C48H80B2N2/c1-11-19-29-51(13-3)47-76-70(79)59-46-57(68-66-58(69(78)77(72(68)81)48-52(14-4)30-20-12-2)45-56(63-36-32-50(10)82-63)67(65(59)66)71(76)80)64-38-37-62(83-64)53-33-35-55-54-34-31-49(9)43-60(54)73(61(55)44-53,39-25-21-23-27-41-74(15-5)16-6)40-26-22-24-28-42-75(17-7)18-8;1-12-51(13-2)30-22-18-16-20-28-48(29-21-17-19-23-31-52(14-3)15-4)43-32-39(49-34-38(5)45(6,7)35-49)24-26-41(43)42-27-25-40(33-44(42)48)50-36-46(8,9)47(10,11)37-50/h31-38,43-46,51-52H,11-30,39-42,47-48H2,1-10H3;24-27,32-33,38H,12-23,28-31,34-37H2,1-11H3. The van der Waals surface area contributed by atoms with Crippen LogP contribution in [0, 0.1) is 47.8 Å². The largest absolute Gasteiger partial charge is 0.304 e. The second-order valence-corrected chi connectivity index (χ2v) is 46.9. The molecule has 0 radical (unpaired) electrons. The molecule has 0 bridgehead atoms. The number of unbranched alkanes of at least 4 members (excludes halogenated alkanes) is 14. The van der Waals surface area contributed by atoms with Crippen molar-refractivity contribution in [3.8, 4) is 53.6 Å². The Morgan fingerprint density at radius 1 is 0.363 bits per heavy atom. The molecule has 0 saturated carbocycles. The minimum atomic E-state index is -0.349. The molecule has 2 aliphatic carbocycles. The second kappa shape index (κ2) is 47.7. The van der Waals surface area contributed by atoms with Crippen LogP contribution >= 0.6 is 22.7 Å². The lowest BCUT2D eigenvalue weighted by Gasteiger charge is -2.36. The molecule has 0 N–H and O–H groups in total. The number of rotatable bonds is 53. The van der Waals surface area contributed by atoms with Gasteiger partial charge in [0.05, 0.1) is 11.1 Å². The van der Waals surface area contributed by atoms with Crippen molar-refractivity contribution >= 4 is 81.4 Å². The van der Waals surface area contributed by atoms with E-state index in [1.807, 2.05) is 31.2 Å². The number of hydrogen-bond acceptors (Lipinski definition) is 10. The van der Waals surface area contributed by atoms with Crippen molar-refractivity contribution in [1.29, 1.82) is 0 Å². The van der Waals surface area contributed by atoms with Crippen LogP contribution in [0.15, 0.2) is 109 Å². The molecule has 3 atom stereocenters. The average molecular weight is 1860 g/mol. The predicted molar refractivity (Wildman–Crippen MR) is 586 cm³/mol. The van der Waals surface area contributed by atoms with Crippen molar-refractivity contribution in [2.75, 3.05) is 91.6 Å². The number of amides is 4. The Morgan fingerprint density at radius 3 is 1.10 bits per heavy atom. The number of carbonyl (C=O) groups is 4. The molecule has 2 saturated heterocycles. The summed E-state index contributed by atoms with van der Waals surface area (Å²) in [7, 11) is 0. The minimum Gasteiger partial charge on any atom is -0.304 e. The van der Waals surface area contributed by atoms with Crippen LogP contribution < -0.4 is 10.9 Å². The maximum atomic E-state index is 15.7. The molecule has 6 aromatic carbocycles. The van der Waals surface area contributed by atoms with Crippen LogP contribution in [0.1, 0.15) is 385 Å². The summed E-state index contributed by atoms with van der Waals surface area (Å²) in [5.74, 6) is -0.316. The number of fused-ring (bicyclic) bond motifs is 6. The normalized spacial score (nSPS) is 17.4. The van der Waals surface area contributed by atoms with Crippen molar-refractivity contribution in [1.82, 2.24) is 29.4 Å². The molecule has 4 aliphatic heterocycles. The highest BCUT2D eigenvalue weighted by Gasteiger charge is 2.52. The second-order valence-electron chi connectivity index (χ2n) is 44.5. The summed E-state index contributed by atoms with van der Waals surface area (Å²) in [6.45, 7) is 64.9. The van der Waals surface area contributed by atoms with Crippen molar-refractivity contribution in [3.63, 3.8) is 0 Å². The Bertz CT molecular complexity index is 5240. The zero-order valence-electron chi connectivity index (χ0n) is 88.4. The predicted octanol–water partition coefficient (Wildman–Crippen LogP) is 30.7. The van der Waals surface area contributed by atoms with E-state index in [1.54, 1.807) is 55.9 Å². The summed E-state index contributed by atoms with van der Waals surface area (Å²) >= 11 is 3.24. The van der Waals surface area contributed by atoms with Crippen molar-refractivity contribution in [3.05, 3.63) is 164 Å². The highest BCUT2D eigenvalue weighted by atomic mass is 32.1. The molecule has 14 heteroatoms. The first kappa shape index (κ1) is 106. The van der Waals surface area contributed by atoms with E-state index in [0.717, 1.165) is 121 Å². The van der Waals surface area contributed by atoms with E-state index in [-0.39, 0.29) is 46.3 Å². The third-order valence-corrected chi connectivity index (χ3v) is 37.5. The van der Waals surface area contributed by atoms with Gasteiger partial charge in [0.15, 0.2) is 13.4 Å². The first-order valence-electron chi connectivity index (χ1n) is 55.0. The van der Waals surface area contributed by atoms with Gasteiger partial charge in [0.1, 0.15) is 0 Å². The smallest absolute Gasteiger partial charge is 0.262 e. The van der Waals surface area contributed by atoms with Gasteiger partial charge >= 0.3 is 0 Å². The van der Waals surface area contributed by atoms with Gasteiger partial charge in [0, 0.05) is 76.5 Å². The molecule has 2 fully saturated rings. The van der Waals surface area contributed by atoms with Gasteiger partial charge in [-0.2, -0.15) is 0 Å². The fourth-order valence-electron chi connectivity index (χ4n) is 25.2. The van der Waals surface area contributed by atoms with Gasteiger partial charge in [0.25, 0.3) is 23.6 Å². The van der Waals surface area contributed by atoms with Gasteiger partial charge in [-0.25, -0.2) is 0 Å². The van der Waals surface area contributed by atoms with Crippen LogP contribution in [0.3, 0.4) is 0 Å². The van der Waals surface area contributed by atoms with E-state index >= 15 is 19.2 Å². The van der Waals surface area contributed by atoms with E-state index in [1.165, 1.54) is 231 Å². The van der Waals surface area contributed by atoms with Gasteiger partial charge in [-0.3, -0.25) is 29.0 Å². The van der Waals surface area contributed by atoms with Gasteiger partial charge in [-0.15, -0.1) is 22.7 Å². The van der Waals surface area contributed by atoms with E-state index in [9.17, 15) is 0 Å². The molecule has 732 valence electrons. The molecule has 10 nitrogen and oxygen atoms in total. The number of hydrogen-bond donors (Lipinski definition) is 0. The summed E-state index contributed by atoms with van der Waals surface area (Å²) in [6, 6.07) is 42.4. The van der Waals surface area contributed by atoms with E-state index in [0.29, 0.717) is 86.9 Å². The molecule has 0 spiro atoms. The third-order valence-electron chi connectivity index (χ3n) is 35.3. The molecule has 14 rings (SSSR count). The Balaban J connectivity index is 0.000000255. The number of benzene rings is 6. The number of carbonyl (C=O) groups excluding carboxylic acids is 4. The number of nitrogens with zero attached hydrogens (tertiary/aromatic N) is 6. The molecular weight excluding hydrogens is 1690 g/mol. The van der Waals surface area contributed by atoms with Crippen LogP contribution in [0.5, 0.6) is 0 Å². The minimum absolute atomic E-state index is 0.114. The van der Waals surface area contributed by atoms with Crippen LogP contribution in [-0.2, 0) is 10.8 Å². The molecule has 2 aromatic heterocycles. The molecule has 6 aliphatic rings. The zero-order valence-corrected chi connectivity index (χ0v) is 90.1. The Hall–Kier alpha value is -6.77. The van der Waals surface area contributed by atoms with Gasteiger partial charge in [-0.1, -0.05) is 356 Å². The molecule has 6 heterocycles. The van der Waals surface area contributed by atoms with Gasteiger partial charge in [-0.05, 0) is 283 Å². The number of aryl methyl sites for hydroxylation is 2. The lowest BCUT2D eigenvalue weighted by molar-refractivity contribution is 0.0559. The SMILES string of the molecule is CCCCC(CC)CN1C(=O)c2cc(-c3ccc(-c4ccc5c(c4)C(CCCCCCN(CC)CC)(CCCCCCN(CC)CC)c4cc(C)ccc4-5)s3)c3c4c(cc(-c5ccc(C)s5)c(c24)C1=O)C(=O)N(CC(CC)CCCC)C3=O.CCN(CC)CCCCCCC1(CCCCCCN(CC)CC)c2cc(B3CC(C)C(C)(C)C3)ccc2-c2ccc(B3CC(C)(C)C(C)(C)C3)cc21. The first-order valence-corrected chi connectivity index (χ1v) is 56.7. The quantitative estimate of drug-likeness (QED) is 0.0212. The van der Waals surface area contributed by atoms with Crippen LogP contribution in [0.4, 0.5) is 0 Å². The highest BCUT2D eigenvalue weighted by molar-refractivity contribution is 7.19. The van der Waals surface area contributed by atoms with Crippen LogP contribution in [0.25, 0.3) is 64.3 Å². The summed E-state index contributed by atoms with van der Waals surface area (Å²) in [6.07, 6.45) is 38.3. The zero-order chi connectivity index (χ0) is 96.7. The maximum absolute atomic E-state index is 15.7. The van der Waals surface area contributed by atoms with Crippen molar-refractivity contribution in [2.45, 2.75) is 361 Å². The molecule has 3 unspecified atom stereocenters. The van der Waals surface area contributed by atoms with Crippen molar-refractivity contribution < 1.29 is 19.2 Å². The summed E-state index contributed by atoms with van der Waals surface area (Å²) < 4.78 is 0. The monoisotopic (exact) mass is 1860 g/mol. The average Bonchev–Trinajstić information content (AvgIpc) is 1.21. The van der Waals surface area contributed by atoms with E-state index in [4.69, 9.17) is 0 Å². The number of imide groups is 2. The summed E-state index contributed by atoms with van der Waals surface area (Å²) in [4.78, 5) is 78.9. The van der Waals surface area contributed by atoms with E-state index < -0.39 is 0 Å². The summed E-state index contributed by atoms with van der Waals surface area (Å²) in [5.41, 5.74) is 22.0. The fourth-order valence-corrected chi connectivity index (χ4v) is 27.1. The Kier molecular flexibility index (Phi) is 37.3. The van der Waals surface area contributed by atoms with Gasteiger partial charge < -0.3 is 19.6 Å². The molecule has 8 aromatic rings. The summed E-state index contributed by atoms with van der Waals surface area (Å²) in [5, 5.41) is 0.895. The molecule has 4 amide bonds. The number of thiophene rings is 2. The maximum Gasteiger partial charge on any atom is 0.262 e. The molecule has 135 heavy (non-hydrogen) atoms. The first-order chi connectivity index (χ1) is 65.0. The highest BCUT2D eigenvalue weighted by Crippen LogP contribution is 2.60. The fraction of sp³-hybridized carbons (Fsp3) is 0.620. The lowest BCUT2D eigenvalue weighted by atomic mass is 9.42. The Morgan fingerprint density at radius 2 is 0.726 bits per heavy atom. The topological polar surface area (TPSA) is 87.7 Å². The molecular formula is C121H176B2N6O4S2. The van der Waals surface area contributed by atoms with Crippen molar-refractivity contribution in [2.24, 2.45) is 34.0 Å². The Labute approximate surface area is 828 Å². The van der Waals surface area contributed by atoms with E-state index in [2.05, 4.69) is 243 Å². The van der Waals surface area contributed by atoms with Crippen LogP contribution in [0.2, 0.25) is 25.3 Å². The third kappa shape index (κ3) is 23.2. The van der Waals surface area contributed by atoms with Crippen LogP contribution in [-0.4, -0.2) is 158 Å².